The van der Waals surface area contributed by atoms with Crippen molar-refractivity contribution in [2.45, 2.75) is 13.8 Å². The summed E-state index contributed by atoms with van der Waals surface area (Å²) in [4.78, 5) is 0. The summed E-state index contributed by atoms with van der Waals surface area (Å²) in [5.41, 5.74) is 2.07. The van der Waals surface area contributed by atoms with Crippen molar-refractivity contribution in [2.75, 3.05) is 6.54 Å². The minimum Gasteiger partial charge on any atom is -0.317 e. The summed E-state index contributed by atoms with van der Waals surface area (Å²) < 4.78 is 0. The molecule has 0 spiro atoms. The zero-order valence-corrected chi connectivity index (χ0v) is 4.23. The second-order valence-electron chi connectivity index (χ2n) is 1.76. The van der Waals surface area contributed by atoms with Crippen LogP contribution in [0.2, 0.25) is 0 Å². The summed E-state index contributed by atoms with van der Waals surface area (Å²) in [6, 6.07) is 0. The number of nitrogens with one attached hydrogen (secondary N) is 1. The maximum Gasteiger partial charge on any atom is 0.0230 e. The van der Waals surface area contributed by atoms with Gasteiger partial charge in [0.1, 0.15) is 0 Å². The fourth-order valence-electron chi connectivity index (χ4n) is 0.183. The van der Waals surface area contributed by atoms with Crippen LogP contribution in [0.25, 0.3) is 0 Å². The SMILES string of the molecule is CC(C)CNO. The Morgan fingerprint density at radius 1 is 1.67 bits per heavy atom. The molecule has 0 fully saturated rings. The van der Waals surface area contributed by atoms with E-state index in [0.717, 1.165) is 0 Å². The third kappa shape index (κ3) is 3.92. The predicted octanol–water partition coefficient (Wildman–Crippen LogP) is 0.621. The van der Waals surface area contributed by atoms with E-state index in [1.165, 1.54) is 0 Å². The van der Waals surface area contributed by atoms with Crippen LogP contribution in [0.15, 0.2) is 0 Å². The predicted molar refractivity (Wildman–Crippen MR) is 24.6 cm³/mol. The molecule has 0 aromatic rings. The molecule has 0 unspecified atom stereocenters. The lowest BCUT2D eigenvalue weighted by Crippen LogP contribution is -2.13. The normalized spacial score (nSPS) is 10.0. The zero-order valence-electron chi connectivity index (χ0n) is 4.23. The van der Waals surface area contributed by atoms with Gasteiger partial charge in [-0.2, -0.15) is 0 Å². The minimum absolute atomic E-state index is 0.537. The van der Waals surface area contributed by atoms with Crippen LogP contribution in [0.5, 0.6) is 0 Å². The summed E-state index contributed by atoms with van der Waals surface area (Å²) in [6.45, 7) is 4.74. The second kappa shape index (κ2) is 3.12. The smallest absolute Gasteiger partial charge is 0.0230 e. The topological polar surface area (TPSA) is 32.3 Å². The van der Waals surface area contributed by atoms with Gasteiger partial charge in [0.05, 0.1) is 0 Å². The summed E-state index contributed by atoms with van der Waals surface area (Å²) in [6.07, 6.45) is 0. The lowest BCUT2D eigenvalue weighted by molar-refractivity contribution is 0.154. The Kier molecular flexibility index (Phi) is 3.08. The van der Waals surface area contributed by atoms with E-state index in [-0.39, 0.29) is 0 Å². The van der Waals surface area contributed by atoms with E-state index in [4.69, 9.17) is 5.21 Å². The Balaban J connectivity index is 2.63. The summed E-state index contributed by atoms with van der Waals surface area (Å²) in [7, 11) is 0. The first-order chi connectivity index (χ1) is 2.77. The van der Waals surface area contributed by atoms with Gasteiger partial charge in [0.25, 0.3) is 0 Å². The van der Waals surface area contributed by atoms with Gasteiger partial charge in [-0.3, -0.25) is 0 Å². The van der Waals surface area contributed by atoms with Gasteiger partial charge in [-0.1, -0.05) is 13.8 Å². The van der Waals surface area contributed by atoms with Crippen LogP contribution in [0.3, 0.4) is 0 Å². The summed E-state index contributed by atoms with van der Waals surface area (Å²) >= 11 is 0. The van der Waals surface area contributed by atoms with E-state index < -0.39 is 0 Å². The van der Waals surface area contributed by atoms with Crippen molar-refractivity contribution in [3.05, 3.63) is 0 Å². The molecule has 0 saturated heterocycles. The molecule has 0 aliphatic heterocycles. The number of hydroxylamine groups is 1. The molecule has 0 amide bonds. The van der Waals surface area contributed by atoms with E-state index in [1.54, 1.807) is 0 Å². The van der Waals surface area contributed by atoms with Crippen molar-refractivity contribution in [3.63, 3.8) is 0 Å². The van der Waals surface area contributed by atoms with Gasteiger partial charge < -0.3 is 5.21 Å². The third-order valence-electron chi connectivity index (χ3n) is 0.500. The highest BCUT2D eigenvalue weighted by molar-refractivity contribution is 4.39. The molecule has 0 bridgehead atoms. The van der Waals surface area contributed by atoms with Crippen molar-refractivity contribution in [3.8, 4) is 0 Å². The van der Waals surface area contributed by atoms with Gasteiger partial charge in [0.15, 0.2) is 0 Å². The summed E-state index contributed by atoms with van der Waals surface area (Å²) in [5, 5.41) is 7.99. The number of rotatable bonds is 2. The van der Waals surface area contributed by atoms with Crippen molar-refractivity contribution in [1.29, 1.82) is 0 Å². The van der Waals surface area contributed by atoms with Crippen molar-refractivity contribution >= 4 is 0 Å². The molecule has 2 N–H and O–H groups in total. The fraction of sp³-hybridized carbons (Fsp3) is 1.00. The Labute approximate surface area is 38.1 Å². The minimum atomic E-state index is 0.537. The van der Waals surface area contributed by atoms with Crippen LogP contribution in [0.4, 0.5) is 0 Å². The van der Waals surface area contributed by atoms with E-state index in [0.29, 0.717) is 12.5 Å². The average molecular weight is 89.1 g/mol. The molecule has 0 aliphatic rings. The van der Waals surface area contributed by atoms with Crippen LogP contribution in [0, 0.1) is 5.92 Å². The third-order valence-corrected chi connectivity index (χ3v) is 0.500. The molecule has 2 heteroatoms. The van der Waals surface area contributed by atoms with Crippen LogP contribution in [-0.2, 0) is 0 Å². The molecule has 0 saturated carbocycles. The molecule has 2 nitrogen and oxygen atoms in total. The van der Waals surface area contributed by atoms with Gasteiger partial charge in [-0.15, -0.1) is 0 Å². The first-order valence-corrected chi connectivity index (χ1v) is 2.14. The highest BCUT2D eigenvalue weighted by atomic mass is 16.5. The largest absolute Gasteiger partial charge is 0.317 e. The molecular formula is C4H11NO. The lowest BCUT2D eigenvalue weighted by atomic mass is 10.2. The highest BCUT2D eigenvalue weighted by Gasteiger charge is 1.85. The van der Waals surface area contributed by atoms with Gasteiger partial charge in [-0.05, 0) is 5.92 Å². The average Bonchev–Trinajstić information content (AvgIpc) is 1.35. The molecule has 0 rings (SSSR count). The maximum absolute atomic E-state index is 7.99. The molecule has 38 valence electrons. The van der Waals surface area contributed by atoms with Crippen LogP contribution < -0.4 is 5.48 Å². The molecule has 0 heterocycles. The molecule has 6 heavy (non-hydrogen) atoms. The van der Waals surface area contributed by atoms with E-state index in [1.807, 2.05) is 13.8 Å². The molecule has 0 aliphatic carbocycles. The molecule has 0 atom stereocenters. The first-order valence-electron chi connectivity index (χ1n) is 2.14. The van der Waals surface area contributed by atoms with Gasteiger partial charge in [0.2, 0.25) is 0 Å². The fourth-order valence-corrected chi connectivity index (χ4v) is 0.183. The highest BCUT2D eigenvalue weighted by Crippen LogP contribution is 1.83. The molecular weight excluding hydrogens is 78.0 g/mol. The Bertz CT molecular complexity index is 28.7. The van der Waals surface area contributed by atoms with Crippen LogP contribution in [-0.4, -0.2) is 11.8 Å². The van der Waals surface area contributed by atoms with Crippen molar-refractivity contribution < 1.29 is 5.21 Å². The standard InChI is InChI=1S/C4H11NO/c1-4(2)3-5-6/h4-6H,3H2,1-2H3. The maximum atomic E-state index is 7.99. The molecule has 0 aromatic heterocycles. The number of hydrogen-bond acceptors (Lipinski definition) is 2. The van der Waals surface area contributed by atoms with Gasteiger partial charge in [-0.25, -0.2) is 5.48 Å². The first kappa shape index (κ1) is 5.92. The van der Waals surface area contributed by atoms with Crippen LogP contribution >= 0.6 is 0 Å². The second-order valence-corrected chi connectivity index (χ2v) is 1.76. The van der Waals surface area contributed by atoms with Gasteiger partial charge >= 0.3 is 0 Å². The summed E-state index contributed by atoms with van der Waals surface area (Å²) in [5.74, 6) is 0.537. The molecule has 0 radical (unpaired) electrons. The van der Waals surface area contributed by atoms with Crippen molar-refractivity contribution in [1.82, 2.24) is 5.48 Å². The van der Waals surface area contributed by atoms with E-state index in [9.17, 15) is 0 Å². The lowest BCUT2D eigenvalue weighted by Gasteiger charge is -1.97. The van der Waals surface area contributed by atoms with E-state index >= 15 is 0 Å². The molecule has 0 aromatic carbocycles. The van der Waals surface area contributed by atoms with Crippen LogP contribution in [0.1, 0.15) is 13.8 Å². The Morgan fingerprint density at radius 3 is 2.17 bits per heavy atom. The zero-order chi connectivity index (χ0) is 4.99. The Hall–Kier alpha value is -0.0800. The van der Waals surface area contributed by atoms with Crippen molar-refractivity contribution in [2.24, 2.45) is 5.92 Å². The Morgan fingerprint density at radius 2 is 2.17 bits per heavy atom. The quantitative estimate of drug-likeness (QED) is 0.486. The van der Waals surface area contributed by atoms with E-state index in [2.05, 4.69) is 5.48 Å². The number of hydrogen-bond donors (Lipinski definition) is 2. The monoisotopic (exact) mass is 89.1 g/mol. The van der Waals surface area contributed by atoms with Gasteiger partial charge in [0, 0.05) is 6.54 Å².